The number of allylic oxidation sites excluding steroid dienone is 2. The summed E-state index contributed by atoms with van der Waals surface area (Å²) in [6, 6.07) is 8.32. The lowest BCUT2D eigenvalue weighted by molar-refractivity contribution is 0.220. The molecule has 1 aliphatic carbocycles. The SMILES string of the molecule is C/C=C/C(C1CCC1)C(C)c1cccc(Cl)c1. The molecule has 0 amide bonds. The van der Waals surface area contributed by atoms with E-state index in [1.807, 2.05) is 6.07 Å². The third-order valence-corrected chi connectivity index (χ3v) is 4.30. The third-order valence-electron chi connectivity index (χ3n) is 4.06. The summed E-state index contributed by atoms with van der Waals surface area (Å²) < 4.78 is 0. The van der Waals surface area contributed by atoms with Crippen molar-refractivity contribution in [1.82, 2.24) is 0 Å². The van der Waals surface area contributed by atoms with Gasteiger partial charge < -0.3 is 0 Å². The van der Waals surface area contributed by atoms with Crippen molar-refractivity contribution in [3.05, 3.63) is 47.0 Å². The molecule has 0 bridgehead atoms. The van der Waals surface area contributed by atoms with Gasteiger partial charge >= 0.3 is 0 Å². The fourth-order valence-corrected chi connectivity index (χ4v) is 2.99. The lowest BCUT2D eigenvalue weighted by Crippen LogP contribution is -2.24. The fraction of sp³-hybridized carbons (Fsp3) is 0.500. The first-order valence-electron chi connectivity index (χ1n) is 6.60. The Bertz CT molecular complexity index is 390. The van der Waals surface area contributed by atoms with Crippen LogP contribution in [0.2, 0.25) is 5.02 Å². The van der Waals surface area contributed by atoms with Crippen LogP contribution in [0.1, 0.15) is 44.6 Å². The number of hydrogen-bond acceptors (Lipinski definition) is 0. The van der Waals surface area contributed by atoms with Crippen LogP contribution in [0.5, 0.6) is 0 Å². The van der Waals surface area contributed by atoms with E-state index in [1.54, 1.807) is 0 Å². The van der Waals surface area contributed by atoms with Gasteiger partial charge in [-0.15, -0.1) is 0 Å². The van der Waals surface area contributed by atoms with E-state index >= 15 is 0 Å². The van der Waals surface area contributed by atoms with Crippen molar-refractivity contribution in [2.24, 2.45) is 11.8 Å². The van der Waals surface area contributed by atoms with Gasteiger partial charge in [0, 0.05) is 5.02 Å². The van der Waals surface area contributed by atoms with E-state index in [1.165, 1.54) is 24.8 Å². The van der Waals surface area contributed by atoms with Crippen LogP contribution in [0.15, 0.2) is 36.4 Å². The molecule has 1 aliphatic rings. The topological polar surface area (TPSA) is 0 Å². The molecule has 0 aliphatic heterocycles. The largest absolute Gasteiger partial charge is 0.0914 e. The lowest BCUT2D eigenvalue weighted by Gasteiger charge is -2.36. The van der Waals surface area contributed by atoms with Gasteiger partial charge in [0.1, 0.15) is 0 Å². The Morgan fingerprint density at radius 2 is 2.12 bits per heavy atom. The van der Waals surface area contributed by atoms with Gasteiger partial charge in [0.2, 0.25) is 0 Å². The number of hydrogen-bond donors (Lipinski definition) is 0. The van der Waals surface area contributed by atoms with Crippen molar-refractivity contribution >= 4 is 11.6 Å². The molecule has 1 heteroatoms. The predicted molar refractivity (Wildman–Crippen MR) is 75.5 cm³/mol. The highest BCUT2D eigenvalue weighted by atomic mass is 35.5. The summed E-state index contributed by atoms with van der Waals surface area (Å²) in [7, 11) is 0. The minimum absolute atomic E-state index is 0.565. The van der Waals surface area contributed by atoms with Crippen molar-refractivity contribution in [2.75, 3.05) is 0 Å². The summed E-state index contributed by atoms with van der Waals surface area (Å²) in [6.07, 6.45) is 8.76. The molecule has 0 aromatic heterocycles. The Morgan fingerprint density at radius 1 is 1.35 bits per heavy atom. The van der Waals surface area contributed by atoms with Crippen LogP contribution in [-0.2, 0) is 0 Å². The summed E-state index contributed by atoms with van der Waals surface area (Å²) >= 11 is 6.08. The molecule has 0 N–H and O–H groups in total. The summed E-state index contributed by atoms with van der Waals surface area (Å²) in [5.41, 5.74) is 1.37. The van der Waals surface area contributed by atoms with Crippen LogP contribution in [0.4, 0.5) is 0 Å². The molecule has 0 nitrogen and oxygen atoms in total. The molecule has 1 saturated carbocycles. The van der Waals surface area contributed by atoms with E-state index in [9.17, 15) is 0 Å². The standard InChI is InChI=1S/C16H21Cl/c1-3-6-16(13-7-4-8-13)12(2)14-9-5-10-15(17)11-14/h3,5-6,9-13,16H,4,7-8H2,1-2H3/b6-3+. The minimum Gasteiger partial charge on any atom is -0.0914 e. The summed E-state index contributed by atoms with van der Waals surface area (Å²) in [5.74, 6) is 2.11. The minimum atomic E-state index is 0.565. The Morgan fingerprint density at radius 3 is 2.65 bits per heavy atom. The van der Waals surface area contributed by atoms with Crippen LogP contribution < -0.4 is 0 Å². The Hall–Kier alpha value is -0.750. The van der Waals surface area contributed by atoms with E-state index in [0.29, 0.717) is 11.8 Å². The molecule has 2 unspecified atom stereocenters. The molecule has 1 aromatic rings. The van der Waals surface area contributed by atoms with Crippen molar-refractivity contribution in [1.29, 1.82) is 0 Å². The van der Waals surface area contributed by atoms with E-state index in [4.69, 9.17) is 11.6 Å². The molecule has 2 rings (SSSR count). The normalized spacial score (nSPS) is 20.2. The zero-order chi connectivity index (χ0) is 12.3. The second kappa shape index (κ2) is 5.73. The zero-order valence-electron chi connectivity index (χ0n) is 10.7. The lowest BCUT2D eigenvalue weighted by atomic mass is 9.69. The van der Waals surface area contributed by atoms with Crippen molar-refractivity contribution in [3.8, 4) is 0 Å². The Kier molecular flexibility index (Phi) is 4.28. The molecule has 1 aromatic carbocycles. The van der Waals surface area contributed by atoms with E-state index in [-0.39, 0.29) is 0 Å². The zero-order valence-corrected chi connectivity index (χ0v) is 11.5. The number of benzene rings is 1. The van der Waals surface area contributed by atoms with E-state index in [2.05, 4.69) is 44.2 Å². The first kappa shape index (κ1) is 12.7. The second-order valence-corrected chi connectivity index (χ2v) is 5.57. The van der Waals surface area contributed by atoms with Crippen LogP contribution in [0, 0.1) is 11.8 Å². The first-order chi connectivity index (χ1) is 8.22. The molecule has 0 radical (unpaired) electrons. The maximum absolute atomic E-state index is 6.08. The van der Waals surface area contributed by atoms with Crippen molar-refractivity contribution in [3.63, 3.8) is 0 Å². The maximum atomic E-state index is 6.08. The van der Waals surface area contributed by atoms with Gasteiger partial charge in [-0.3, -0.25) is 0 Å². The van der Waals surface area contributed by atoms with Crippen molar-refractivity contribution in [2.45, 2.75) is 39.0 Å². The molecule has 1 fully saturated rings. The smallest absolute Gasteiger partial charge is 0.0408 e. The van der Waals surface area contributed by atoms with Gasteiger partial charge in [0.25, 0.3) is 0 Å². The van der Waals surface area contributed by atoms with E-state index < -0.39 is 0 Å². The van der Waals surface area contributed by atoms with Crippen LogP contribution >= 0.6 is 11.6 Å². The third kappa shape index (κ3) is 2.93. The Labute approximate surface area is 110 Å². The highest BCUT2D eigenvalue weighted by Gasteiger charge is 2.29. The molecular formula is C16H21Cl. The highest BCUT2D eigenvalue weighted by molar-refractivity contribution is 6.30. The second-order valence-electron chi connectivity index (χ2n) is 5.14. The van der Waals surface area contributed by atoms with Crippen LogP contribution in [-0.4, -0.2) is 0 Å². The van der Waals surface area contributed by atoms with Gasteiger partial charge in [0.05, 0.1) is 0 Å². The van der Waals surface area contributed by atoms with Crippen LogP contribution in [0.3, 0.4) is 0 Å². The monoisotopic (exact) mass is 248 g/mol. The molecule has 0 spiro atoms. The number of halogens is 1. The van der Waals surface area contributed by atoms with Crippen LogP contribution in [0.25, 0.3) is 0 Å². The van der Waals surface area contributed by atoms with Gasteiger partial charge in [0.15, 0.2) is 0 Å². The summed E-state index contributed by atoms with van der Waals surface area (Å²) in [5, 5.41) is 0.849. The highest BCUT2D eigenvalue weighted by Crippen LogP contribution is 2.41. The molecule has 17 heavy (non-hydrogen) atoms. The first-order valence-corrected chi connectivity index (χ1v) is 6.98. The fourth-order valence-electron chi connectivity index (χ4n) is 2.79. The summed E-state index contributed by atoms with van der Waals surface area (Å²) in [6.45, 7) is 4.45. The summed E-state index contributed by atoms with van der Waals surface area (Å²) in [4.78, 5) is 0. The molecular weight excluding hydrogens is 228 g/mol. The van der Waals surface area contributed by atoms with Gasteiger partial charge in [-0.05, 0) is 55.2 Å². The van der Waals surface area contributed by atoms with Gasteiger partial charge in [-0.1, -0.05) is 49.2 Å². The van der Waals surface area contributed by atoms with Gasteiger partial charge in [-0.25, -0.2) is 0 Å². The predicted octanol–water partition coefficient (Wildman–Crippen LogP) is 5.44. The average molecular weight is 249 g/mol. The molecule has 0 heterocycles. The van der Waals surface area contributed by atoms with Gasteiger partial charge in [-0.2, -0.15) is 0 Å². The number of rotatable bonds is 4. The van der Waals surface area contributed by atoms with Crippen molar-refractivity contribution < 1.29 is 0 Å². The molecule has 2 atom stereocenters. The maximum Gasteiger partial charge on any atom is 0.0408 e. The molecule has 92 valence electrons. The Balaban J connectivity index is 2.17. The van der Waals surface area contributed by atoms with E-state index in [0.717, 1.165) is 10.9 Å². The molecule has 0 saturated heterocycles. The quantitative estimate of drug-likeness (QED) is 0.623. The average Bonchev–Trinajstić information content (AvgIpc) is 2.25.